The van der Waals surface area contributed by atoms with Crippen LogP contribution in [-0.2, 0) is 6.54 Å². The Kier molecular flexibility index (Phi) is 5.99. The van der Waals surface area contributed by atoms with E-state index >= 15 is 0 Å². The van der Waals surface area contributed by atoms with Gasteiger partial charge in [0.2, 0.25) is 0 Å². The van der Waals surface area contributed by atoms with Gasteiger partial charge in [0.15, 0.2) is 5.82 Å². The molecule has 1 aliphatic rings. The molecule has 9 heteroatoms. The van der Waals surface area contributed by atoms with E-state index in [1.807, 2.05) is 18.2 Å². The molecular weight excluding hydrogens is 413 g/mol. The van der Waals surface area contributed by atoms with Crippen molar-refractivity contribution in [2.24, 2.45) is 0 Å². The van der Waals surface area contributed by atoms with Crippen LogP contribution in [0.3, 0.4) is 0 Å². The second kappa shape index (κ2) is 8.82. The Morgan fingerprint density at radius 3 is 2.48 bits per heavy atom. The normalized spacial score (nSPS) is 14.8. The summed E-state index contributed by atoms with van der Waals surface area (Å²) in [6.07, 6.45) is 0. The van der Waals surface area contributed by atoms with Crippen molar-refractivity contribution in [2.45, 2.75) is 6.54 Å². The maximum absolute atomic E-state index is 12.4. The van der Waals surface area contributed by atoms with Gasteiger partial charge in [0, 0.05) is 36.9 Å². The number of carbonyl (C=O) groups is 1. The van der Waals surface area contributed by atoms with Crippen molar-refractivity contribution in [3.8, 4) is 11.5 Å². The van der Waals surface area contributed by atoms with Gasteiger partial charge in [0.25, 0.3) is 5.89 Å². The minimum Gasteiger partial charge on any atom is -0.334 e. The number of nitrogens with one attached hydrogen (secondary N) is 1. The minimum atomic E-state index is -0.118. The van der Waals surface area contributed by atoms with Crippen LogP contribution in [0.1, 0.15) is 5.82 Å². The third-order valence-electron chi connectivity index (χ3n) is 4.69. The van der Waals surface area contributed by atoms with Gasteiger partial charge >= 0.3 is 6.03 Å². The molecule has 2 amide bonds. The van der Waals surface area contributed by atoms with Gasteiger partial charge < -0.3 is 14.7 Å². The summed E-state index contributed by atoms with van der Waals surface area (Å²) in [5, 5.41) is 8.15. The van der Waals surface area contributed by atoms with Crippen LogP contribution in [0.4, 0.5) is 10.5 Å². The van der Waals surface area contributed by atoms with Crippen LogP contribution >= 0.6 is 23.2 Å². The molecule has 1 aliphatic heterocycles. The molecule has 0 saturated carbocycles. The highest BCUT2D eigenvalue weighted by atomic mass is 35.5. The average molecular weight is 432 g/mol. The number of rotatable bonds is 4. The fraction of sp³-hybridized carbons (Fsp3) is 0.250. The predicted molar refractivity (Wildman–Crippen MR) is 112 cm³/mol. The molecule has 0 radical (unpaired) electrons. The van der Waals surface area contributed by atoms with Crippen LogP contribution in [0, 0.1) is 0 Å². The van der Waals surface area contributed by atoms with E-state index in [2.05, 4.69) is 20.4 Å². The number of hydrogen-bond acceptors (Lipinski definition) is 5. The van der Waals surface area contributed by atoms with Crippen LogP contribution in [-0.4, -0.2) is 52.2 Å². The van der Waals surface area contributed by atoms with Gasteiger partial charge in [-0.25, -0.2) is 4.79 Å². The number of benzene rings is 2. The molecule has 1 aromatic heterocycles. The first kappa shape index (κ1) is 19.7. The summed E-state index contributed by atoms with van der Waals surface area (Å²) < 4.78 is 5.35. The second-order valence-corrected chi connectivity index (χ2v) is 7.54. The Morgan fingerprint density at radius 2 is 1.76 bits per heavy atom. The van der Waals surface area contributed by atoms with Gasteiger partial charge in [-0.05, 0) is 36.4 Å². The summed E-state index contributed by atoms with van der Waals surface area (Å²) in [6, 6.07) is 14.3. The third kappa shape index (κ3) is 4.87. The van der Waals surface area contributed by atoms with Gasteiger partial charge in [-0.3, -0.25) is 4.90 Å². The largest absolute Gasteiger partial charge is 0.334 e. The SMILES string of the molecule is O=C(Nc1ccc(Cl)cc1)N1CCN(Cc2noc(-c3ccccc3Cl)n2)CC1. The van der Waals surface area contributed by atoms with Crippen molar-refractivity contribution >= 4 is 34.9 Å². The molecule has 2 aromatic carbocycles. The number of halogens is 2. The summed E-state index contributed by atoms with van der Waals surface area (Å²) in [6.45, 7) is 3.25. The number of anilines is 1. The Balaban J connectivity index is 1.29. The lowest BCUT2D eigenvalue weighted by atomic mass is 10.2. The van der Waals surface area contributed by atoms with E-state index in [9.17, 15) is 4.79 Å². The highest BCUT2D eigenvalue weighted by Crippen LogP contribution is 2.26. The van der Waals surface area contributed by atoms with Crippen LogP contribution in [0.2, 0.25) is 10.0 Å². The zero-order valence-electron chi connectivity index (χ0n) is 15.5. The van der Waals surface area contributed by atoms with E-state index in [4.69, 9.17) is 27.7 Å². The molecule has 1 N–H and O–H groups in total. The maximum Gasteiger partial charge on any atom is 0.321 e. The molecule has 0 bridgehead atoms. The Morgan fingerprint density at radius 1 is 1.03 bits per heavy atom. The lowest BCUT2D eigenvalue weighted by Gasteiger charge is -2.34. The fourth-order valence-corrected chi connectivity index (χ4v) is 3.45. The van der Waals surface area contributed by atoms with Gasteiger partial charge in [0.05, 0.1) is 17.1 Å². The Bertz CT molecular complexity index is 985. The summed E-state index contributed by atoms with van der Waals surface area (Å²) in [5.74, 6) is 1.01. The zero-order chi connectivity index (χ0) is 20.2. The van der Waals surface area contributed by atoms with Crippen LogP contribution in [0.5, 0.6) is 0 Å². The third-order valence-corrected chi connectivity index (χ3v) is 5.27. The first-order valence-electron chi connectivity index (χ1n) is 9.20. The smallest absolute Gasteiger partial charge is 0.321 e. The van der Waals surface area contributed by atoms with Gasteiger partial charge in [-0.2, -0.15) is 4.98 Å². The number of hydrogen-bond donors (Lipinski definition) is 1. The lowest BCUT2D eigenvalue weighted by molar-refractivity contribution is 0.140. The molecule has 4 rings (SSSR count). The molecule has 7 nitrogen and oxygen atoms in total. The molecule has 150 valence electrons. The fourth-order valence-electron chi connectivity index (χ4n) is 3.11. The van der Waals surface area contributed by atoms with E-state index < -0.39 is 0 Å². The van der Waals surface area contributed by atoms with Crippen LogP contribution in [0.25, 0.3) is 11.5 Å². The number of nitrogens with zero attached hydrogens (tertiary/aromatic N) is 4. The van der Waals surface area contributed by atoms with Crippen molar-refractivity contribution in [1.82, 2.24) is 19.9 Å². The van der Waals surface area contributed by atoms with Crippen LogP contribution in [0.15, 0.2) is 53.1 Å². The highest BCUT2D eigenvalue weighted by Gasteiger charge is 2.23. The van der Waals surface area contributed by atoms with Gasteiger partial charge in [-0.15, -0.1) is 0 Å². The van der Waals surface area contributed by atoms with Crippen LogP contribution < -0.4 is 5.32 Å². The maximum atomic E-state index is 12.4. The van der Waals surface area contributed by atoms with Crippen molar-refractivity contribution < 1.29 is 9.32 Å². The lowest BCUT2D eigenvalue weighted by Crippen LogP contribution is -2.49. The van der Waals surface area contributed by atoms with Crippen molar-refractivity contribution in [3.05, 3.63) is 64.4 Å². The van der Waals surface area contributed by atoms with Crippen molar-refractivity contribution in [3.63, 3.8) is 0 Å². The molecule has 29 heavy (non-hydrogen) atoms. The standard InChI is InChI=1S/C20H19Cl2N5O2/c21-14-5-7-15(8-6-14)23-20(28)27-11-9-26(10-12-27)13-18-24-19(29-25-18)16-3-1-2-4-17(16)22/h1-8H,9-13H2,(H,23,28). The Labute approximate surface area is 178 Å². The molecule has 2 heterocycles. The average Bonchev–Trinajstić information content (AvgIpc) is 3.19. The Hall–Kier alpha value is -2.61. The van der Waals surface area contributed by atoms with E-state index in [0.717, 1.165) is 24.3 Å². The molecule has 0 unspecified atom stereocenters. The zero-order valence-corrected chi connectivity index (χ0v) is 17.0. The number of urea groups is 1. The predicted octanol–water partition coefficient (Wildman–Crippen LogP) is 4.39. The summed E-state index contributed by atoms with van der Waals surface area (Å²) in [5.41, 5.74) is 1.44. The molecule has 3 aromatic rings. The summed E-state index contributed by atoms with van der Waals surface area (Å²) in [4.78, 5) is 20.8. The highest BCUT2D eigenvalue weighted by molar-refractivity contribution is 6.33. The van der Waals surface area contributed by atoms with Gasteiger partial charge in [-0.1, -0.05) is 40.5 Å². The molecular formula is C20H19Cl2N5O2. The topological polar surface area (TPSA) is 74.5 Å². The molecule has 0 atom stereocenters. The number of carbonyl (C=O) groups excluding carboxylic acids is 1. The number of aromatic nitrogens is 2. The minimum absolute atomic E-state index is 0.118. The molecule has 1 fully saturated rings. The quantitative estimate of drug-likeness (QED) is 0.662. The summed E-state index contributed by atoms with van der Waals surface area (Å²) >= 11 is 12.1. The first-order valence-corrected chi connectivity index (χ1v) is 9.95. The van der Waals surface area contributed by atoms with E-state index in [1.165, 1.54) is 0 Å². The number of piperazine rings is 1. The molecule has 1 saturated heterocycles. The van der Waals surface area contributed by atoms with Gasteiger partial charge in [0.1, 0.15) is 0 Å². The van der Waals surface area contributed by atoms with E-state index in [-0.39, 0.29) is 6.03 Å². The summed E-state index contributed by atoms with van der Waals surface area (Å²) in [7, 11) is 0. The monoisotopic (exact) mass is 431 g/mol. The number of amides is 2. The molecule has 0 spiro atoms. The molecule has 0 aliphatic carbocycles. The second-order valence-electron chi connectivity index (χ2n) is 6.70. The van der Waals surface area contributed by atoms with E-state index in [0.29, 0.717) is 41.4 Å². The van der Waals surface area contributed by atoms with Crippen molar-refractivity contribution in [1.29, 1.82) is 0 Å². The first-order chi connectivity index (χ1) is 14.1. The van der Waals surface area contributed by atoms with E-state index in [1.54, 1.807) is 35.2 Å². The van der Waals surface area contributed by atoms with Crippen molar-refractivity contribution in [2.75, 3.05) is 31.5 Å².